The monoisotopic (exact) mass is 487 g/mol. The van der Waals surface area contributed by atoms with Crippen LogP contribution in [-0.4, -0.2) is 63.0 Å². The van der Waals surface area contributed by atoms with Crippen molar-refractivity contribution in [1.29, 1.82) is 0 Å². The minimum absolute atomic E-state index is 0.0958. The van der Waals surface area contributed by atoms with Crippen LogP contribution in [0.3, 0.4) is 0 Å². The molecule has 4 heterocycles. The zero-order chi connectivity index (χ0) is 24.9. The number of aromatic nitrogens is 2. The van der Waals surface area contributed by atoms with Crippen molar-refractivity contribution in [3.8, 4) is 16.9 Å². The van der Waals surface area contributed by atoms with Crippen molar-refractivity contribution in [2.24, 2.45) is 0 Å². The largest absolute Gasteiger partial charge is 0.483 e. The fourth-order valence-corrected chi connectivity index (χ4v) is 5.11. The highest BCUT2D eigenvalue weighted by atomic mass is 16.5. The van der Waals surface area contributed by atoms with Crippen molar-refractivity contribution in [1.82, 2.24) is 19.8 Å². The van der Waals surface area contributed by atoms with E-state index in [0.29, 0.717) is 34.6 Å². The van der Waals surface area contributed by atoms with Crippen LogP contribution in [0.15, 0.2) is 54.7 Å². The molecule has 0 aliphatic carbocycles. The van der Waals surface area contributed by atoms with Gasteiger partial charge in [0.2, 0.25) is 0 Å². The molecule has 1 aromatic carbocycles. The molecule has 8 heteroatoms. The summed E-state index contributed by atoms with van der Waals surface area (Å²) in [5.74, 6) is 0.851. The number of carbonyl (C=O) groups is 1. The number of benzene rings is 1. The van der Waals surface area contributed by atoms with Gasteiger partial charge in [0.15, 0.2) is 11.6 Å². The van der Waals surface area contributed by atoms with Gasteiger partial charge in [-0.25, -0.2) is 4.98 Å². The van der Waals surface area contributed by atoms with Crippen molar-refractivity contribution in [3.63, 3.8) is 0 Å². The minimum Gasteiger partial charge on any atom is -0.483 e. The Bertz CT molecular complexity index is 1190. The number of ether oxygens (including phenoxy) is 1. The van der Waals surface area contributed by atoms with Crippen LogP contribution in [0, 0.1) is 0 Å². The Morgan fingerprint density at radius 1 is 1.00 bits per heavy atom. The van der Waals surface area contributed by atoms with E-state index in [-0.39, 0.29) is 19.1 Å². The van der Waals surface area contributed by atoms with Crippen molar-refractivity contribution < 1.29 is 14.6 Å². The number of aliphatic hydroxyl groups is 1. The first kappa shape index (κ1) is 24.2. The van der Waals surface area contributed by atoms with E-state index in [1.807, 2.05) is 47.4 Å². The Labute approximate surface area is 211 Å². The van der Waals surface area contributed by atoms with E-state index < -0.39 is 0 Å². The van der Waals surface area contributed by atoms with E-state index in [2.05, 4.69) is 14.9 Å². The van der Waals surface area contributed by atoms with Gasteiger partial charge in [0.05, 0.1) is 18.0 Å². The highest BCUT2D eigenvalue weighted by molar-refractivity contribution is 5.94. The summed E-state index contributed by atoms with van der Waals surface area (Å²) in [5, 5.41) is 9.27. The summed E-state index contributed by atoms with van der Waals surface area (Å²) in [6.45, 7) is 4.15. The lowest BCUT2D eigenvalue weighted by Crippen LogP contribution is -2.45. The molecule has 0 radical (unpaired) electrons. The molecule has 2 aromatic heterocycles. The molecule has 188 valence electrons. The number of rotatable bonds is 7. The van der Waals surface area contributed by atoms with Crippen LogP contribution in [0.4, 0.5) is 5.82 Å². The van der Waals surface area contributed by atoms with Gasteiger partial charge in [0, 0.05) is 36.5 Å². The number of anilines is 1. The quantitative estimate of drug-likeness (QED) is 0.526. The van der Waals surface area contributed by atoms with Gasteiger partial charge in [-0.3, -0.25) is 9.78 Å². The normalized spacial score (nSPS) is 16.9. The number of nitrogen functional groups attached to an aromatic ring is 1. The number of likely N-dealkylation sites (tertiary alicyclic amines) is 2. The first-order valence-electron chi connectivity index (χ1n) is 12.7. The molecule has 0 saturated carbocycles. The third-order valence-corrected chi connectivity index (χ3v) is 7.16. The number of nitrogens with zero attached hydrogens (tertiary/aromatic N) is 4. The van der Waals surface area contributed by atoms with Crippen molar-refractivity contribution in [2.75, 3.05) is 31.9 Å². The lowest BCUT2D eigenvalue weighted by atomic mass is 10.0. The van der Waals surface area contributed by atoms with Gasteiger partial charge >= 0.3 is 0 Å². The first-order valence-corrected chi connectivity index (χ1v) is 12.7. The molecule has 1 amide bonds. The average molecular weight is 488 g/mol. The number of amides is 1. The SMILES string of the molecule is Nc1ncc(-c2ccc(C(=O)N3CCC(N4CCCC4)CC3)cc2)cc1OCc1cccc(CO)n1. The highest BCUT2D eigenvalue weighted by Gasteiger charge is 2.28. The number of pyridine rings is 2. The van der Waals surface area contributed by atoms with Gasteiger partial charge in [-0.15, -0.1) is 0 Å². The third-order valence-electron chi connectivity index (χ3n) is 7.16. The predicted molar refractivity (Wildman–Crippen MR) is 138 cm³/mol. The Morgan fingerprint density at radius 2 is 1.72 bits per heavy atom. The van der Waals surface area contributed by atoms with Crippen LogP contribution in [0.5, 0.6) is 5.75 Å². The molecule has 0 spiro atoms. The third kappa shape index (κ3) is 5.50. The first-order chi connectivity index (χ1) is 17.6. The molecule has 3 N–H and O–H groups in total. The molecule has 2 fully saturated rings. The molecule has 2 aliphatic heterocycles. The zero-order valence-corrected chi connectivity index (χ0v) is 20.5. The molecule has 3 aromatic rings. The van der Waals surface area contributed by atoms with E-state index in [9.17, 15) is 9.90 Å². The summed E-state index contributed by atoms with van der Waals surface area (Å²) < 4.78 is 5.88. The second kappa shape index (κ2) is 11.1. The Hall–Kier alpha value is -3.49. The van der Waals surface area contributed by atoms with Crippen LogP contribution in [0.2, 0.25) is 0 Å². The fraction of sp³-hybridized carbons (Fsp3) is 0.393. The summed E-state index contributed by atoms with van der Waals surface area (Å²) in [6, 6.07) is 15.5. The highest BCUT2D eigenvalue weighted by Crippen LogP contribution is 2.28. The fourth-order valence-electron chi connectivity index (χ4n) is 5.11. The number of aliphatic hydroxyl groups excluding tert-OH is 1. The molecule has 5 rings (SSSR count). The van der Waals surface area contributed by atoms with E-state index >= 15 is 0 Å². The van der Waals surface area contributed by atoms with E-state index in [4.69, 9.17) is 10.5 Å². The number of hydrogen-bond acceptors (Lipinski definition) is 7. The van der Waals surface area contributed by atoms with Gasteiger partial charge < -0.3 is 25.4 Å². The molecular weight excluding hydrogens is 454 g/mol. The molecule has 0 atom stereocenters. The summed E-state index contributed by atoms with van der Waals surface area (Å²) >= 11 is 0. The van der Waals surface area contributed by atoms with Crippen LogP contribution < -0.4 is 10.5 Å². The van der Waals surface area contributed by atoms with Gasteiger partial charge in [-0.2, -0.15) is 0 Å². The average Bonchev–Trinajstić information content (AvgIpc) is 3.48. The van der Waals surface area contributed by atoms with E-state index in [0.717, 1.165) is 37.1 Å². The lowest BCUT2D eigenvalue weighted by molar-refractivity contribution is 0.0644. The summed E-state index contributed by atoms with van der Waals surface area (Å²) in [5.41, 5.74) is 9.79. The number of piperidine rings is 1. The van der Waals surface area contributed by atoms with Crippen LogP contribution in [-0.2, 0) is 13.2 Å². The molecule has 2 saturated heterocycles. The molecule has 2 aliphatic rings. The van der Waals surface area contributed by atoms with Crippen molar-refractivity contribution >= 4 is 11.7 Å². The van der Waals surface area contributed by atoms with Crippen molar-refractivity contribution in [3.05, 3.63) is 71.7 Å². The summed E-state index contributed by atoms with van der Waals surface area (Å²) in [6.07, 6.45) is 6.43. The molecular formula is C28H33N5O3. The maximum absolute atomic E-state index is 13.1. The second-order valence-electron chi connectivity index (χ2n) is 9.52. The number of nitrogens with two attached hydrogens (primary N) is 1. The number of carbonyl (C=O) groups excluding carboxylic acids is 1. The van der Waals surface area contributed by atoms with Gasteiger partial charge in [0.25, 0.3) is 5.91 Å². The molecule has 36 heavy (non-hydrogen) atoms. The standard InChI is InChI=1S/C28H33N5O3/c29-27-26(36-19-24-5-3-4-23(18-34)31-24)16-22(17-30-27)20-6-8-21(9-7-20)28(35)33-14-10-25(11-15-33)32-12-1-2-13-32/h3-9,16-17,25,34H,1-2,10-15,18-19H2,(H2,29,30). The maximum Gasteiger partial charge on any atom is 0.253 e. The Morgan fingerprint density at radius 3 is 2.44 bits per heavy atom. The smallest absolute Gasteiger partial charge is 0.253 e. The van der Waals surface area contributed by atoms with Gasteiger partial charge in [-0.1, -0.05) is 18.2 Å². The van der Waals surface area contributed by atoms with Crippen LogP contribution >= 0.6 is 0 Å². The molecule has 0 bridgehead atoms. The maximum atomic E-state index is 13.1. The number of hydrogen-bond donors (Lipinski definition) is 2. The van der Waals surface area contributed by atoms with E-state index in [1.165, 1.54) is 25.9 Å². The van der Waals surface area contributed by atoms with Gasteiger partial charge in [0.1, 0.15) is 6.61 Å². The minimum atomic E-state index is -0.123. The topological polar surface area (TPSA) is 105 Å². The zero-order valence-electron chi connectivity index (χ0n) is 20.5. The Balaban J connectivity index is 1.22. The summed E-state index contributed by atoms with van der Waals surface area (Å²) in [7, 11) is 0. The van der Waals surface area contributed by atoms with Crippen LogP contribution in [0.1, 0.15) is 47.4 Å². The molecule has 8 nitrogen and oxygen atoms in total. The van der Waals surface area contributed by atoms with Gasteiger partial charge in [-0.05, 0) is 74.7 Å². The Kier molecular flexibility index (Phi) is 7.44. The van der Waals surface area contributed by atoms with Crippen LogP contribution in [0.25, 0.3) is 11.1 Å². The summed E-state index contributed by atoms with van der Waals surface area (Å²) in [4.78, 5) is 26.3. The predicted octanol–water partition coefficient (Wildman–Crippen LogP) is 3.50. The van der Waals surface area contributed by atoms with Crippen molar-refractivity contribution in [2.45, 2.75) is 44.9 Å². The lowest BCUT2D eigenvalue weighted by Gasteiger charge is -2.36. The molecule has 0 unspecified atom stereocenters. The van der Waals surface area contributed by atoms with E-state index in [1.54, 1.807) is 12.3 Å². The second-order valence-corrected chi connectivity index (χ2v) is 9.52.